The van der Waals surface area contributed by atoms with Gasteiger partial charge >= 0.3 is 0 Å². The van der Waals surface area contributed by atoms with Gasteiger partial charge in [-0.2, -0.15) is 0 Å². The van der Waals surface area contributed by atoms with Gasteiger partial charge in [-0.25, -0.2) is 4.39 Å². The number of H-pyrrole nitrogens is 1. The van der Waals surface area contributed by atoms with E-state index in [1.165, 1.54) is 24.4 Å². The van der Waals surface area contributed by atoms with E-state index in [9.17, 15) is 19.1 Å². The van der Waals surface area contributed by atoms with Gasteiger partial charge in [-0.15, -0.1) is 0 Å². The quantitative estimate of drug-likeness (QED) is 0.624. The molecule has 0 aliphatic rings. The van der Waals surface area contributed by atoms with E-state index in [-0.39, 0.29) is 22.1 Å². The minimum atomic E-state index is -0.620. The van der Waals surface area contributed by atoms with Crippen molar-refractivity contribution in [2.75, 3.05) is 5.32 Å². The number of aryl methyl sites for hydroxylation is 1. The van der Waals surface area contributed by atoms with Crippen LogP contribution >= 0.6 is 0 Å². The number of aromatic amines is 1. The normalized spacial score (nSPS) is 11.6. The Morgan fingerprint density at radius 1 is 1.21 bits per heavy atom. The Kier molecular flexibility index (Phi) is 4.98. The number of aromatic nitrogens is 1. The van der Waals surface area contributed by atoms with Gasteiger partial charge in [0.15, 0.2) is 0 Å². The molecule has 0 fully saturated rings. The van der Waals surface area contributed by atoms with E-state index >= 15 is 0 Å². The molecular weight excluding hydrogens is 359 g/mol. The molecule has 6 heteroatoms. The Morgan fingerprint density at radius 3 is 2.57 bits per heavy atom. The fourth-order valence-corrected chi connectivity index (χ4v) is 3.19. The average molecular weight is 382 g/mol. The van der Waals surface area contributed by atoms with E-state index < -0.39 is 17.2 Å². The number of carbonyl (C=O) groups excluding carboxylic acids is 1. The topological polar surface area (TPSA) is 82.2 Å². The first-order chi connectivity index (χ1) is 13.1. The van der Waals surface area contributed by atoms with Crippen molar-refractivity contribution in [2.24, 2.45) is 0 Å². The Bertz CT molecular complexity index is 1130. The molecule has 2 aromatic carbocycles. The molecule has 0 radical (unpaired) electrons. The number of aromatic hydroxyl groups is 1. The van der Waals surface area contributed by atoms with Crippen molar-refractivity contribution in [3.05, 3.63) is 69.3 Å². The molecular formula is C22H23FN2O3. The molecule has 0 bridgehead atoms. The van der Waals surface area contributed by atoms with Crippen molar-refractivity contribution in [1.29, 1.82) is 0 Å². The van der Waals surface area contributed by atoms with Crippen molar-refractivity contribution in [2.45, 2.75) is 39.5 Å². The summed E-state index contributed by atoms with van der Waals surface area (Å²) in [7, 11) is 0. The molecule has 0 spiro atoms. The van der Waals surface area contributed by atoms with Gasteiger partial charge in [0.2, 0.25) is 5.43 Å². The Morgan fingerprint density at radius 2 is 1.93 bits per heavy atom. The summed E-state index contributed by atoms with van der Waals surface area (Å²) in [5.74, 6) is -1.09. The maximum absolute atomic E-state index is 13.5. The lowest BCUT2D eigenvalue weighted by Gasteiger charge is -2.23. The lowest BCUT2D eigenvalue weighted by Crippen LogP contribution is -2.23. The predicted octanol–water partition coefficient (Wildman–Crippen LogP) is 4.49. The molecule has 3 N–H and O–H groups in total. The number of pyridine rings is 1. The highest BCUT2D eigenvalue weighted by Crippen LogP contribution is 2.35. The van der Waals surface area contributed by atoms with Crippen LogP contribution in [0.2, 0.25) is 0 Å². The third kappa shape index (κ3) is 3.63. The first-order valence-corrected chi connectivity index (χ1v) is 9.10. The zero-order valence-corrected chi connectivity index (χ0v) is 16.3. The van der Waals surface area contributed by atoms with E-state index in [1.807, 2.05) is 33.8 Å². The molecule has 5 nitrogen and oxygen atoms in total. The first kappa shape index (κ1) is 19.6. The molecule has 3 rings (SSSR count). The lowest BCUT2D eigenvalue weighted by molar-refractivity contribution is 0.102. The number of benzene rings is 2. The number of fused-ring (bicyclic) bond motifs is 1. The van der Waals surface area contributed by atoms with Crippen LogP contribution in [0.15, 0.2) is 41.3 Å². The van der Waals surface area contributed by atoms with Gasteiger partial charge in [0.1, 0.15) is 17.1 Å². The summed E-state index contributed by atoms with van der Waals surface area (Å²) in [5.41, 5.74) is 1.58. The number of phenolic OH excluding ortho intramolecular Hbond substituents is 1. The number of nitrogens with one attached hydrogen (secondary N) is 2. The second-order valence-corrected chi connectivity index (χ2v) is 7.81. The van der Waals surface area contributed by atoms with E-state index in [0.717, 1.165) is 17.2 Å². The second-order valence-electron chi connectivity index (χ2n) is 7.81. The van der Waals surface area contributed by atoms with Gasteiger partial charge in [0.05, 0.1) is 0 Å². The van der Waals surface area contributed by atoms with Gasteiger partial charge in [-0.3, -0.25) is 9.59 Å². The fourth-order valence-electron chi connectivity index (χ4n) is 3.19. The summed E-state index contributed by atoms with van der Waals surface area (Å²) in [6.45, 7) is 7.93. The highest BCUT2D eigenvalue weighted by molar-refractivity contribution is 6.06. The fraction of sp³-hybridized carbons (Fsp3) is 0.273. The number of phenols is 1. The van der Waals surface area contributed by atoms with Crippen LogP contribution in [0, 0.1) is 5.82 Å². The monoisotopic (exact) mass is 382 g/mol. The van der Waals surface area contributed by atoms with Gasteiger partial charge in [0, 0.05) is 28.9 Å². The van der Waals surface area contributed by atoms with E-state index in [2.05, 4.69) is 10.3 Å². The number of carbonyl (C=O) groups is 1. The smallest absolute Gasteiger partial charge is 0.261 e. The summed E-state index contributed by atoms with van der Waals surface area (Å²) < 4.78 is 13.5. The highest BCUT2D eigenvalue weighted by Gasteiger charge is 2.21. The lowest BCUT2D eigenvalue weighted by atomic mass is 9.84. The van der Waals surface area contributed by atoms with Crippen molar-refractivity contribution in [1.82, 2.24) is 4.98 Å². The third-order valence-electron chi connectivity index (χ3n) is 4.75. The maximum Gasteiger partial charge on any atom is 0.261 e. The second kappa shape index (κ2) is 7.11. The molecule has 1 amide bonds. The number of hydrogen-bond acceptors (Lipinski definition) is 3. The van der Waals surface area contributed by atoms with Gasteiger partial charge < -0.3 is 15.4 Å². The molecule has 3 aromatic rings. The summed E-state index contributed by atoms with van der Waals surface area (Å²) in [5, 5.41) is 13.2. The van der Waals surface area contributed by atoms with Crippen LogP contribution in [0.5, 0.6) is 5.75 Å². The van der Waals surface area contributed by atoms with Crippen molar-refractivity contribution < 1.29 is 14.3 Å². The Hall–Kier alpha value is -3.15. The molecule has 146 valence electrons. The number of halogens is 1. The predicted molar refractivity (Wildman–Crippen MR) is 109 cm³/mol. The number of hydrogen-bond donors (Lipinski definition) is 3. The first-order valence-electron chi connectivity index (χ1n) is 9.10. The molecule has 0 atom stereocenters. The van der Waals surface area contributed by atoms with Gasteiger partial charge in [-0.05, 0) is 47.2 Å². The maximum atomic E-state index is 13.5. The zero-order chi connectivity index (χ0) is 20.6. The van der Waals surface area contributed by atoms with Crippen molar-refractivity contribution in [3.63, 3.8) is 0 Å². The minimum absolute atomic E-state index is 0.0782. The van der Waals surface area contributed by atoms with E-state index in [4.69, 9.17) is 0 Å². The van der Waals surface area contributed by atoms with Crippen LogP contribution < -0.4 is 10.7 Å². The molecule has 28 heavy (non-hydrogen) atoms. The van der Waals surface area contributed by atoms with Crippen LogP contribution in [0.25, 0.3) is 10.9 Å². The SMILES string of the molecule is CCc1cc(C(C)(C)C)c(O)cc1NC(=O)c1c[nH]c2ccc(F)cc2c1=O. The van der Waals surface area contributed by atoms with Crippen molar-refractivity contribution >= 4 is 22.5 Å². The number of anilines is 1. The van der Waals surface area contributed by atoms with Crippen LogP contribution in [0.4, 0.5) is 10.1 Å². The molecule has 0 saturated heterocycles. The Labute approximate surface area is 162 Å². The van der Waals surface area contributed by atoms with Crippen molar-refractivity contribution in [3.8, 4) is 5.75 Å². The molecule has 1 heterocycles. The Balaban J connectivity index is 2.02. The number of rotatable bonds is 3. The molecule has 0 aliphatic carbocycles. The zero-order valence-electron chi connectivity index (χ0n) is 16.3. The van der Waals surface area contributed by atoms with E-state index in [0.29, 0.717) is 17.6 Å². The van der Waals surface area contributed by atoms with Gasteiger partial charge in [0.25, 0.3) is 5.91 Å². The molecule has 0 aliphatic heterocycles. The van der Waals surface area contributed by atoms with Crippen LogP contribution in [0.1, 0.15) is 49.2 Å². The summed E-state index contributed by atoms with van der Waals surface area (Å²) in [4.78, 5) is 28.2. The highest BCUT2D eigenvalue weighted by atomic mass is 19.1. The van der Waals surface area contributed by atoms with E-state index in [1.54, 1.807) is 0 Å². The number of amides is 1. The van der Waals surface area contributed by atoms with Crippen LogP contribution in [-0.2, 0) is 11.8 Å². The van der Waals surface area contributed by atoms with Crippen LogP contribution in [0.3, 0.4) is 0 Å². The van der Waals surface area contributed by atoms with Gasteiger partial charge in [-0.1, -0.05) is 27.7 Å². The third-order valence-corrected chi connectivity index (χ3v) is 4.75. The summed E-state index contributed by atoms with van der Waals surface area (Å²) in [6, 6.07) is 7.17. The average Bonchev–Trinajstić information content (AvgIpc) is 2.61. The standard InChI is InChI=1S/C22H23FN2O3/c1-5-12-8-16(22(2,3)4)19(26)10-18(12)25-21(28)15-11-24-17-7-6-13(23)9-14(17)20(15)27/h6-11,26H,5H2,1-4H3,(H,24,27)(H,25,28). The molecule has 1 aromatic heterocycles. The largest absolute Gasteiger partial charge is 0.508 e. The minimum Gasteiger partial charge on any atom is -0.508 e. The van der Waals surface area contributed by atoms with Crippen LogP contribution in [-0.4, -0.2) is 16.0 Å². The summed E-state index contributed by atoms with van der Waals surface area (Å²) >= 11 is 0. The molecule has 0 unspecified atom stereocenters. The summed E-state index contributed by atoms with van der Waals surface area (Å²) in [6.07, 6.45) is 1.95. The molecule has 0 saturated carbocycles.